The summed E-state index contributed by atoms with van der Waals surface area (Å²) < 4.78 is 24.5. The van der Waals surface area contributed by atoms with Crippen molar-refractivity contribution in [1.29, 1.82) is 0 Å². The van der Waals surface area contributed by atoms with E-state index in [4.69, 9.17) is 15.2 Å². The van der Waals surface area contributed by atoms with E-state index in [9.17, 15) is 4.39 Å². The molecule has 1 aliphatic heterocycles. The molecule has 0 saturated carbocycles. The number of hydrogen-bond acceptors (Lipinski definition) is 4. The molecule has 0 amide bonds. The second kappa shape index (κ2) is 10.5. The topological polar surface area (TPSA) is 72.1 Å². The van der Waals surface area contributed by atoms with Crippen molar-refractivity contribution in [2.45, 2.75) is 12.5 Å². The van der Waals surface area contributed by atoms with Gasteiger partial charge in [-0.2, -0.15) is 0 Å². The molecule has 8 heteroatoms. The number of fused-ring (bicyclic) bond motifs is 1. The summed E-state index contributed by atoms with van der Waals surface area (Å²) in [6.07, 6.45) is 0.857. The van der Waals surface area contributed by atoms with Gasteiger partial charge >= 0.3 is 0 Å². The minimum atomic E-state index is -0.254. The van der Waals surface area contributed by atoms with Gasteiger partial charge < -0.3 is 25.4 Å². The number of anilines is 1. The lowest BCUT2D eigenvalue weighted by Crippen LogP contribution is -2.27. The zero-order chi connectivity index (χ0) is 19.2. The van der Waals surface area contributed by atoms with Crippen LogP contribution < -0.4 is 20.5 Å². The van der Waals surface area contributed by atoms with E-state index < -0.39 is 0 Å². The van der Waals surface area contributed by atoms with Gasteiger partial charge in [0.15, 0.2) is 17.5 Å². The Balaban J connectivity index is 0.00000280. The summed E-state index contributed by atoms with van der Waals surface area (Å²) in [6, 6.07) is 12.0. The number of halogens is 2. The lowest BCUT2D eigenvalue weighted by Gasteiger charge is -2.23. The van der Waals surface area contributed by atoms with Crippen LogP contribution in [0.2, 0.25) is 0 Å². The number of nitrogens with one attached hydrogen (secondary N) is 1. The molecule has 2 aromatic rings. The van der Waals surface area contributed by atoms with E-state index in [0.717, 1.165) is 23.4 Å². The number of ether oxygens (including phenoxy) is 2. The van der Waals surface area contributed by atoms with Gasteiger partial charge in [-0.3, -0.25) is 4.99 Å². The molecule has 1 heterocycles. The van der Waals surface area contributed by atoms with E-state index in [1.807, 2.05) is 37.2 Å². The lowest BCUT2D eigenvalue weighted by molar-refractivity contribution is 0.297. The van der Waals surface area contributed by atoms with Gasteiger partial charge in [-0.25, -0.2) is 4.39 Å². The molecule has 0 aliphatic carbocycles. The summed E-state index contributed by atoms with van der Waals surface area (Å²) in [5.74, 6) is 1.48. The zero-order valence-electron chi connectivity index (χ0n) is 16.0. The van der Waals surface area contributed by atoms with Gasteiger partial charge in [0.25, 0.3) is 0 Å². The monoisotopic (exact) mass is 500 g/mol. The third kappa shape index (κ3) is 5.96. The maximum atomic E-state index is 13.2. The highest BCUT2D eigenvalue weighted by Crippen LogP contribution is 2.32. The third-order valence-corrected chi connectivity index (χ3v) is 4.33. The fourth-order valence-corrected chi connectivity index (χ4v) is 2.87. The van der Waals surface area contributed by atoms with Crippen molar-refractivity contribution in [3.05, 3.63) is 53.8 Å². The summed E-state index contributed by atoms with van der Waals surface area (Å²) in [6.45, 7) is 1.73. The van der Waals surface area contributed by atoms with Crippen molar-refractivity contribution in [2.75, 3.05) is 39.2 Å². The molecule has 0 radical (unpaired) electrons. The van der Waals surface area contributed by atoms with Gasteiger partial charge in [-0.1, -0.05) is 12.1 Å². The average molecular weight is 500 g/mol. The molecule has 1 atom stereocenters. The molecule has 0 bridgehead atoms. The molecule has 28 heavy (non-hydrogen) atoms. The van der Waals surface area contributed by atoms with E-state index in [1.54, 1.807) is 12.1 Å². The zero-order valence-corrected chi connectivity index (χ0v) is 18.4. The van der Waals surface area contributed by atoms with Crippen molar-refractivity contribution in [2.24, 2.45) is 10.7 Å². The van der Waals surface area contributed by atoms with Crippen LogP contribution in [-0.2, 0) is 0 Å². The third-order valence-electron chi connectivity index (χ3n) is 4.33. The van der Waals surface area contributed by atoms with Crippen molar-refractivity contribution >= 4 is 35.6 Å². The first-order valence-corrected chi connectivity index (χ1v) is 8.91. The highest BCUT2D eigenvalue weighted by Gasteiger charge is 2.14. The Kier molecular flexibility index (Phi) is 8.31. The smallest absolute Gasteiger partial charge is 0.193 e. The van der Waals surface area contributed by atoms with E-state index in [1.165, 1.54) is 12.1 Å². The maximum Gasteiger partial charge on any atom is 0.193 e. The van der Waals surface area contributed by atoms with Crippen LogP contribution in [0.3, 0.4) is 0 Å². The Labute approximate surface area is 181 Å². The highest BCUT2D eigenvalue weighted by atomic mass is 127. The number of rotatable bonds is 5. The Hall–Kier alpha value is -2.07. The van der Waals surface area contributed by atoms with E-state index >= 15 is 0 Å². The summed E-state index contributed by atoms with van der Waals surface area (Å²) in [7, 11) is 3.91. The van der Waals surface area contributed by atoms with Crippen LogP contribution in [0.4, 0.5) is 10.1 Å². The van der Waals surface area contributed by atoms with Crippen molar-refractivity contribution in [3.8, 4) is 11.5 Å². The quantitative estimate of drug-likeness (QED) is 0.373. The highest BCUT2D eigenvalue weighted by molar-refractivity contribution is 14.0. The largest absolute Gasteiger partial charge is 0.490 e. The molecule has 6 nitrogen and oxygen atoms in total. The molecule has 2 aromatic carbocycles. The molecule has 0 saturated heterocycles. The molecular formula is C20H26FIN4O2. The number of likely N-dealkylation sites (N-methyl/N-ethyl adjacent to an activating group) is 1. The predicted octanol–water partition coefficient (Wildman–Crippen LogP) is 3.63. The number of hydrogen-bond donors (Lipinski definition) is 2. The first-order chi connectivity index (χ1) is 13.0. The van der Waals surface area contributed by atoms with Gasteiger partial charge in [0, 0.05) is 18.2 Å². The number of nitrogens with two attached hydrogens (primary N) is 1. The molecule has 0 aromatic heterocycles. The second-order valence-corrected chi connectivity index (χ2v) is 6.59. The first kappa shape index (κ1) is 22.2. The van der Waals surface area contributed by atoms with Crippen LogP contribution in [0.25, 0.3) is 0 Å². The van der Waals surface area contributed by atoms with Crippen molar-refractivity contribution < 1.29 is 13.9 Å². The minimum absolute atomic E-state index is 0. The van der Waals surface area contributed by atoms with Crippen LogP contribution in [0, 0.1) is 5.82 Å². The Morgan fingerprint density at radius 3 is 2.50 bits per heavy atom. The van der Waals surface area contributed by atoms with Crippen LogP contribution in [0.15, 0.2) is 47.5 Å². The Morgan fingerprint density at radius 1 is 1.14 bits per heavy atom. The SMILES string of the molecule is CN(C)C(CN=C(N)Nc1ccc2c(c1)OCCCO2)c1ccc(F)cc1.I. The maximum absolute atomic E-state index is 13.2. The molecule has 152 valence electrons. The Morgan fingerprint density at radius 2 is 1.82 bits per heavy atom. The van der Waals surface area contributed by atoms with Crippen LogP contribution >= 0.6 is 24.0 Å². The van der Waals surface area contributed by atoms with Crippen molar-refractivity contribution in [1.82, 2.24) is 4.90 Å². The van der Waals surface area contributed by atoms with Gasteiger partial charge in [0.05, 0.1) is 25.8 Å². The molecule has 0 fully saturated rings. The second-order valence-electron chi connectivity index (χ2n) is 6.59. The van der Waals surface area contributed by atoms with Crippen LogP contribution in [0.1, 0.15) is 18.0 Å². The van der Waals surface area contributed by atoms with E-state index in [2.05, 4.69) is 10.3 Å². The first-order valence-electron chi connectivity index (χ1n) is 8.91. The van der Waals surface area contributed by atoms with Gasteiger partial charge in [0.1, 0.15) is 5.82 Å². The molecule has 3 rings (SSSR count). The number of guanidine groups is 1. The minimum Gasteiger partial charge on any atom is -0.490 e. The van der Waals surface area contributed by atoms with E-state index in [-0.39, 0.29) is 35.8 Å². The van der Waals surface area contributed by atoms with Crippen LogP contribution in [0.5, 0.6) is 11.5 Å². The normalized spacial score (nSPS) is 14.8. The van der Waals surface area contributed by atoms with Gasteiger partial charge in [0.2, 0.25) is 0 Å². The number of nitrogens with zero attached hydrogens (tertiary/aromatic N) is 2. The molecule has 1 unspecified atom stereocenters. The molecule has 1 aliphatic rings. The standard InChI is InChI=1S/C20H25FN4O2.HI/c1-25(2)17(14-4-6-15(21)7-5-14)13-23-20(22)24-16-8-9-18-19(12-16)27-11-3-10-26-18;/h4-9,12,17H,3,10-11,13H2,1-2H3,(H3,22,23,24);1H. The summed E-state index contributed by atoms with van der Waals surface area (Å²) >= 11 is 0. The fraction of sp³-hybridized carbons (Fsp3) is 0.350. The lowest BCUT2D eigenvalue weighted by atomic mass is 10.1. The fourth-order valence-electron chi connectivity index (χ4n) is 2.87. The van der Waals surface area contributed by atoms with Crippen LogP contribution in [-0.4, -0.2) is 44.7 Å². The molecular weight excluding hydrogens is 474 g/mol. The average Bonchev–Trinajstić information content (AvgIpc) is 2.88. The van der Waals surface area contributed by atoms with Gasteiger partial charge in [-0.15, -0.1) is 24.0 Å². The number of aliphatic imine (C=N–C) groups is 1. The Bertz CT molecular complexity index is 799. The summed E-state index contributed by atoms with van der Waals surface area (Å²) in [5.41, 5.74) is 7.81. The van der Waals surface area contributed by atoms with Crippen molar-refractivity contribution in [3.63, 3.8) is 0 Å². The summed E-state index contributed by atoms with van der Waals surface area (Å²) in [5, 5.41) is 3.08. The number of benzene rings is 2. The molecule has 0 spiro atoms. The van der Waals surface area contributed by atoms with Gasteiger partial charge in [-0.05, 0) is 43.9 Å². The summed E-state index contributed by atoms with van der Waals surface area (Å²) in [4.78, 5) is 6.47. The molecule has 3 N–H and O–H groups in total. The predicted molar refractivity (Wildman–Crippen MR) is 120 cm³/mol. The van der Waals surface area contributed by atoms with E-state index in [0.29, 0.717) is 31.5 Å².